The predicted molar refractivity (Wildman–Crippen MR) is 95.0 cm³/mol. The van der Waals surface area contributed by atoms with Crippen LogP contribution in [0.25, 0.3) is 5.57 Å². The van der Waals surface area contributed by atoms with Crippen LogP contribution in [0.1, 0.15) is 28.7 Å². The molecule has 4 N–H and O–H groups in total. The van der Waals surface area contributed by atoms with Crippen LogP contribution in [-0.2, 0) is 13.0 Å². The van der Waals surface area contributed by atoms with Gasteiger partial charge >= 0.3 is 0 Å². The number of ether oxygens (including phenoxy) is 1. The second-order valence-corrected chi connectivity index (χ2v) is 5.81. The van der Waals surface area contributed by atoms with Crippen molar-refractivity contribution in [2.24, 2.45) is 11.5 Å². The number of nitrogens with two attached hydrogens (primary N) is 2. The van der Waals surface area contributed by atoms with Gasteiger partial charge in [0.2, 0.25) is 0 Å². The van der Waals surface area contributed by atoms with Crippen molar-refractivity contribution in [1.82, 2.24) is 0 Å². The third-order valence-corrected chi connectivity index (χ3v) is 3.97. The summed E-state index contributed by atoms with van der Waals surface area (Å²) in [4.78, 5) is 0. The summed E-state index contributed by atoms with van der Waals surface area (Å²) in [6.07, 6.45) is 3.70. The SMILES string of the molecule is C=C(N)Cc1ccc2c(c1)/C(=C\CCN)c1ccccc1CO2. The minimum atomic E-state index is 0.575. The Hall–Kier alpha value is -2.52. The zero-order valence-corrected chi connectivity index (χ0v) is 13.2. The molecule has 0 aliphatic carbocycles. The van der Waals surface area contributed by atoms with Crippen LogP contribution in [0.15, 0.2) is 60.8 Å². The minimum Gasteiger partial charge on any atom is -0.488 e. The average Bonchev–Trinajstić information content (AvgIpc) is 2.69. The smallest absolute Gasteiger partial charge is 0.127 e. The molecule has 0 amide bonds. The molecule has 0 fully saturated rings. The van der Waals surface area contributed by atoms with Crippen LogP contribution in [0.5, 0.6) is 5.75 Å². The molecule has 1 heterocycles. The summed E-state index contributed by atoms with van der Waals surface area (Å²) in [5.74, 6) is 0.899. The van der Waals surface area contributed by atoms with Crippen molar-refractivity contribution < 1.29 is 4.74 Å². The van der Waals surface area contributed by atoms with E-state index in [1.54, 1.807) is 0 Å². The third-order valence-electron chi connectivity index (χ3n) is 3.97. The Morgan fingerprint density at radius 2 is 2.00 bits per heavy atom. The van der Waals surface area contributed by atoms with Gasteiger partial charge in [0, 0.05) is 17.7 Å². The largest absolute Gasteiger partial charge is 0.488 e. The van der Waals surface area contributed by atoms with E-state index in [1.165, 1.54) is 16.7 Å². The molecule has 2 aromatic carbocycles. The van der Waals surface area contributed by atoms with E-state index in [2.05, 4.69) is 36.9 Å². The second kappa shape index (κ2) is 6.71. The van der Waals surface area contributed by atoms with Gasteiger partial charge in [0.15, 0.2) is 0 Å². The van der Waals surface area contributed by atoms with E-state index in [0.29, 0.717) is 25.3 Å². The summed E-state index contributed by atoms with van der Waals surface area (Å²) in [6.45, 7) is 5.00. The molecule has 0 bridgehead atoms. The van der Waals surface area contributed by atoms with Crippen LogP contribution in [-0.4, -0.2) is 6.54 Å². The molecule has 3 rings (SSSR count). The molecule has 3 nitrogen and oxygen atoms in total. The highest BCUT2D eigenvalue weighted by atomic mass is 16.5. The molecule has 0 atom stereocenters. The Morgan fingerprint density at radius 3 is 2.78 bits per heavy atom. The molecule has 0 saturated heterocycles. The molecule has 3 heteroatoms. The molecule has 0 aromatic heterocycles. The maximum atomic E-state index is 6.02. The Bertz CT molecular complexity index is 762. The van der Waals surface area contributed by atoms with Crippen molar-refractivity contribution in [2.75, 3.05) is 6.54 Å². The molecular formula is C20H22N2O. The summed E-state index contributed by atoms with van der Waals surface area (Å²) in [6, 6.07) is 14.6. The fourth-order valence-electron chi connectivity index (χ4n) is 2.94. The third kappa shape index (κ3) is 3.30. The van der Waals surface area contributed by atoms with Crippen LogP contribution < -0.4 is 16.2 Å². The summed E-state index contributed by atoms with van der Waals surface area (Å²) in [5, 5.41) is 0. The lowest BCUT2D eigenvalue weighted by Gasteiger charge is -2.12. The zero-order chi connectivity index (χ0) is 16.2. The van der Waals surface area contributed by atoms with E-state index >= 15 is 0 Å². The molecule has 0 saturated carbocycles. The number of hydrogen-bond donors (Lipinski definition) is 2. The molecule has 118 valence electrons. The van der Waals surface area contributed by atoms with E-state index in [-0.39, 0.29) is 0 Å². The number of hydrogen-bond acceptors (Lipinski definition) is 3. The Balaban J connectivity index is 2.14. The lowest BCUT2D eigenvalue weighted by molar-refractivity contribution is 0.307. The predicted octanol–water partition coefficient (Wildman–Crippen LogP) is 3.37. The second-order valence-electron chi connectivity index (χ2n) is 5.81. The average molecular weight is 306 g/mol. The van der Waals surface area contributed by atoms with Gasteiger partial charge in [-0.2, -0.15) is 0 Å². The first-order chi connectivity index (χ1) is 11.2. The molecule has 0 radical (unpaired) electrons. The normalized spacial score (nSPS) is 14.6. The highest BCUT2D eigenvalue weighted by Gasteiger charge is 2.19. The first kappa shape index (κ1) is 15.4. The highest BCUT2D eigenvalue weighted by Crippen LogP contribution is 2.37. The topological polar surface area (TPSA) is 61.3 Å². The maximum Gasteiger partial charge on any atom is 0.127 e. The molecule has 2 aromatic rings. The van der Waals surface area contributed by atoms with E-state index in [1.807, 2.05) is 18.2 Å². The monoisotopic (exact) mass is 306 g/mol. The van der Waals surface area contributed by atoms with E-state index in [9.17, 15) is 0 Å². The lowest BCUT2D eigenvalue weighted by Crippen LogP contribution is -2.01. The van der Waals surface area contributed by atoms with Crippen LogP contribution in [0, 0.1) is 0 Å². The summed E-state index contributed by atoms with van der Waals surface area (Å²) in [7, 11) is 0. The molecule has 0 unspecified atom stereocenters. The van der Waals surface area contributed by atoms with Crippen molar-refractivity contribution in [3.05, 3.63) is 83.1 Å². The first-order valence-corrected chi connectivity index (χ1v) is 7.87. The number of benzene rings is 2. The van der Waals surface area contributed by atoms with Gasteiger partial charge in [-0.3, -0.25) is 0 Å². The van der Waals surface area contributed by atoms with Gasteiger partial charge in [-0.05, 0) is 47.4 Å². The van der Waals surface area contributed by atoms with E-state index in [4.69, 9.17) is 16.2 Å². The summed E-state index contributed by atoms with van der Waals surface area (Å²) >= 11 is 0. The van der Waals surface area contributed by atoms with Crippen LogP contribution in [0.2, 0.25) is 0 Å². The maximum absolute atomic E-state index is 6.02. The van der Waals surface area contributed by atoms with Crippen molar-refractivity contribution in [2.45, 2.75) is 19.4 Å². The zero-order valence-electron chi connectivity index (χ0n) is 13.2. The van der Waals surface area contributed by atoms with Crippen molar-refractivity contribution in [1.29, 1.82) is 0 Å². The summed E-state index contributed by atoms with van der Waals surface area (Å²) in [5.41, 5.74) is 18.0. The molecular weight excluding hydrogens is 284 g/mol. The first-order valence-electron chi connectivity index (χ1n) is 7.87. The fourth-order valence-corrected chi connectivity index (χ4v) is 2.94. The van der Waals surface area contributed by atoms with Crippen LogP contribution in [0.4, 0.5) is 0 Å². The molecule has 1 aliphatic rings. The van der Waals surface area contributed by atoms with E-state index < -0.39 is 0 Å². The Morgan fingerprint density at radius 1 is 1.17 bits per heavy atom. The van der Waals surface area contributed by atoms with Crippen molar-refractivity contribution in [3.63, 3.8) is 0 Å². The summed E-state index contributed by atoms with van der Waals surface area (Å²) < 4.78 is 6.02. The Kier molecular flexibility index (Phi) is 4.49. The van der Waals surface area contributed by atoms with Gasteiger partial charge in [0.05, 0.1) is 0 Å². The fraction of sp³-hybridized carbons (Fsp3) is 0.200. The van der Waals surface area contributed by atoms with Gasteiger partial charge in [0.25, 0.3) is 0 Å². The molecule has 0 spiro atoms. The minimum absolute atomic E-state index is 0.575. The van der Waals surface area contributed by atoms with Gasteiger partial charge in [-0.25, -0.2) is 0 Å². The molecule has 1 aliphatic heterocycles. The van der Waals surface area contributed by atoms with Gasteiger partial charge in [0.1, 0.15) is 12.4 Å². The lowest BCUT2D eigenvalue weighted by atomic mass is 9.92. The van der Waals surface area contributed by atoms with Gasteiger partial charge in [-0.15, -0.1) is 0 Å². The Labute approximate surface area is 137 Å². The van der Waals surface area contributed by atoms with E-state index in [0.717, 1.165) is 23.3 Å². The van der Waals surface area contributed by atoms with Crippen molar-refractivity contribution in [3.8, 4) is 5.75 Å². The van der Waals surface area contributed by atoms with Crippen LogP contribution in [0.3, 0.4) is 0 Å². The number of fused-ring (bicyclic) bond motifs is 2. The number of allylic oxidation sites excluding steroid dienone is 1. The molecule has 23 heavy (non-hydrogen) atoms. The van der Waals surface area contributed by atoms with Crippen LogP contribution >= 0.6 is 0 Å². The highest BCUT2D eigenvalue weighted by molar-refractivity contribution is 5.85. The quantitative estimate of drug-likeness (QED) is 0.910. The van der Waals surface area contributed by atoms with Gasteiger partial charge in [-0.1, -0.05) is 43.0 Å². The number of rotatable bonds is 4. The van der Waals surface area contributed by atoms with Gasteiger partial charge < -0.3 is 16.2 Å². The standard InChI is InChI=1S/C20H22N2O/c1-14(22)11-15-8-9-20-19(12-15)18(7-4-10-21)17-6-3-2-5-16(17)13-23-20/h2-3,5-9,12H,1,4,10-11,13,21-22H2/b18-7-. The van der Waals surface area contributed by atoms with Crippen molar-refractivity contribution >= 4 is 5.57 Å².